The second kappa shape index (κ2) is 12.7. The molecule has 1 aliphatic heterocycles. The summed E-state index contributed by atoms with van der Waals surface area (Å²) in [5, 5.41) is 32.4. The Bertz CT molecular complexity index is 1310. The summed E-state index contributed by atoms with van der Waals surface area (Å²) in [5.41, 5.74) is 4.67. The summed E-state index contributed by atoms with van der Waals surface area (Å²) in [4.78, 5) is 29.0. The lowest BCUT2D eigenvalue weighted by Crippen LogP contribution is -2.42. The molecule has 6 heteroatoms. The van der Waals surface area contributed by atoms with Crippen molar-refractivity contribution < 1.29 is 24.9 Å². The third kappa shape index (κ3) is 6.05. The molecule has 2 fully saturated rings. The molecule has 0 bridgehead atoms. The van der Waals surface area contributed by atoms with Crippen LogP contribution in [-0.4, -0.2) is 50.8 Å². The number of carbonyl (C=O) groups is 2. The minimum Gasteiger partial charge on any atom is -0.508 e. The van der Waals surface area contributed by atoms with Crippen molar-refractivity contribution in [3.8, 4) is 5.75 Å². The third-order valence-electron chi connectivity index (χ3n) is 9.39. The number of nitrogens with zero attached hydrogens (tertiary/aromatic N) is 1. The van der Waals surface area contributed by atoms with E-state index in [1.165, 1.54) is 4.90 Å². The zero-order chi connectivity index (χ0) is 29.1. The number of phenolic OH excluding ortho intramolecular Hbond substituents is 1. The van der Waals surface area contributed by atoms with Crippen LogP contribution in [0.3, 0.4) is 0 Å². The third-order valence-corrected chi connectivity index (χ3v) is 9.39. The number of phenols is 1. The topological polar surface area (TPSA) is 98.1 Å². The number of hydrogen-bond acceptors (Lipinski definition) is 5. The number of allylic oxidation sites excluding steroid dienone is 2. The normalized spacial score (nSPS) is 24.8. The van der Waals surface area contributed by atoms with E-state index in [-0.39, 0.29) is 36.1 Å². The van der Waals surface area contributed by atoms with E-state index in [4.69, 9.17) is 0 Å². The summed E-state index contributed by atoms with van der Waals surface area (Å²) in [6.45, 7) is 3.86. The van der Waals surface area contributed by atoms with E-state index < -0.39 is 23.9 Å². The maximum atomic E-state index is 13.8. The zero-order valence-corrected chi connectivity index (χ0v) is 24.2. The Balaban J connectivity index is 1.43. The number of imide groups is 1. The van der Waals surface area contributed by atoms with Crippen LogP contribution in [-0.2, 0) is 9.59 Å². The van der Waals surface area contributed by atoms with Crippen LogP contribution in [0.25, 0.3) is 11.6 Å². The van der Waals surface area contributed by atoms with Gasteiger partial charge < -0.3 is 15.3 Å². The number of fused-ring (bicyclic) bond motifs is 1. The second-order valence-electron chi connectivity index (χ2n) is 12.3. The first-order valence-corrected chi connectivity index (χ1v) is 15.2. The van der Waals surface area contributed by atoms with Crippen molar-refractivity contribution in [3.63, 3.8) is 0 Å². The van der Waals surface area contributed by atoms with Crippen LogP contribution in [0.2, 0.25) is 0 Å². The molecule has 41 heavy (non-hydrogen) atoms. The highest BCUT2D eigenvalue weighted by molar-refractivity contribution is 6.06. The molecule has 218 valence electrons. The number of aromatic hydroxyl groups is 1. The fourth-order valence-electron chi connectivity index (χ4n) is 7.38. The van der Waals surface area contributed by atoms with Crippen LogP contribution >= 0.6 is 0 Å². The van der Waals surface area contributed by atoms with E-state index in [9.17, 15) is 24.9 Å². The van der Waals surface area contributed by atoms with Gasteiger partial charge in [0, 0.05) is 12.0 Å². The Morgan fingerprint density at radius 1 is 1.00 bits per heavy atom. The summed E-state index contributed by atoms with van der Waals surface area (Å²) in [6, 6.07) is 17.0. The van der Waals surface area contributed by atoms with Crippen molar-refractivity contribution in [3.05, 3.63) is 76.9 Å². The van der Waals surface area contributed by atoms with Crippen LogP contribution < -0.4 is 0 Å². The van der Waals surface area contributed by atoms with Gasteiger partial charge in [0.15, 0.2) is 0 Å². The Morgan fingerprint density at radius 2 is 1.73 bits per heavy atom. The van der Waals surface area contributed by atoms with Crippen LogP contribution in [0, 0.1) is 23.7 Å². The van der Waals surface area contributed by atoms with Crippen molar-refractivity contribution >= 4 is 23.5 Å². The molecule has 4 atom stereocenters. The molecule has 1 saturated carbocycles. The van der Waals surface area contributed by atoms with E-state index in [2.05, 4.69) is 13.8 Å². The number of benzene rings is 2. The summed E-state index contributed by atoms with van der Waals surface area (Å²) >= 11 is 0. The largest absolute Gasteiger partial charge is 0.508 e. The van der Waals surface area contributed by atoms with Gasteiger partial charge in [0.25, 0.3) is 0 Å². The Labute approximate surface area is 243 Å². The maximum Gasteiger partial charge on any atom is 0.234 e. The lowest BCUT2D eigenvalue weighted by molar-refractivity contribution is -0.143. The number of hydrogen-bond donors (Lipinski definition) is 3. The lowest BCUT2D eigenvalue weighted by Gasteiger charge is -2.38. The van der Waals surface area contributed by atoms with Crippen LogP contribution in [0.1, 0.15) is 76.3 Å². The van der Waals surface area contributed by atoms with E-state index in [1.807, 2.05) is 42.5 Å². The SMILES string of the molecule is CC(C)C1=C([C@H](O)CC/C(=C/c2cccc(O)c2)c2ccccc2)[C@H](CO)[C@@H]2C(=O)N(C3CCCCC3)C(=O)[C@@H]2C1. The van der Waals surface area contributed by atoms with E-state index in [1.54, 1.807) is 18.2 Å². The molecule has 3 aliphatic rings. The van der Waals surface area contributed by atoms with E-state index >= 15 is 0 Å². The highest BCUT2D eigenvalue weighted by Gasteiger charge is 2.56. The molecule has 1 heterocycles. The molecule has 2 aliphatic carbocycles. The summed E-state index contributed by atoms with van der Waals surface area (Å²) in [5.74, 6) is -1.61. The van der Waals surface area contributed by atoms with Gasteiger partial charge in [-0.3, -0.25) is 14.5 Å². The molecule has 1 saturated heterocycles. The average molecular weight is 558 g/mol. The molecule has 2 aromatic rings. The molecule has 0 aromatic heterocycles. The number of amides is 2. The molecule has 3 N–H and O–H groups in total. The summed E-state index contributed by atoms with van der Waals surface area (Å²) in [7, 11) is 0. The van der Waals surface area contributed by atoms with Crippen LogP contribution in [0.4, 0.5) is 0 Å². The minimum absolute atomic E-state index is 0.0412. The monoisotopic (exact) mass is 557 g/mol. The molecule has 0 spiro atoms. The van der Waals surface area contributed by atoms with E-state index in [0.717, 1.165) is 60.0 Å². The fourth-order valence-corrected chi connectivity index (χ4v) is 7.38. The van der Waals surface area contributed by atoms with Gasteiger partial charge in [-0.1, -0.05) is 87.2 Å². The van der Waals surface area contributed by atoms with Gasteiger partial charge in [-0.25, -0.2) is 0 Å². The van der Waals surface area contributed by atoms with Crippen molar-refractivity contribution in [2.24, 2.45) is 23.7 Å². The Hall–Kier alpha value is -3.22. The van der Waals surface area contributed by atoms with Gasteiger partial charge in [0.05, 0.1) is 24.5 Å². The molecule has 2 amide bonds. The lowest BCUT2D eigenvalue weighted by atomic mass is 9.66. The molecule has 0 unspecified atom stereocenters. The minimum atomic E-state index is -0.853. The summed E-state index contributed by atoms with van der Waals surface area (Å²) < 4.78 is 0. The maximum absolute atomic E-state index is 13.8. The number of aliphatic hydroxyl groups excluding tert-OH is 2. The molecule has 0 radical (unpaired) electrons. The first-order valence-electron chi connectivity index (χ1n) is 15.2. The average Bonchev–Trinajstić information content (AvgIpc) is 3.23. The van der Waals surface area contributed by atoms with Gasteiger partial charge in [-0.2, -0.15) is 0 Å². The molecule has 5 rings (SSSR count). The van der Waals surface area contributed by atoms with Crippen molar-refractivity contribution in [1.82, 2.24) is 4.90 Å². The van der Waals surface area contributed by atoms with E-state index in [0.29, 0.717) is 19.3 Å². The predicted molar refractivity (Wildman–Crippen MR) is 160 cm³/mol. The molecule has 6 nitrogen and oxygen atoms in total. The van der Waals surface area contributed by atoms with Crippen LogP contribution in [0.5, 0.6) is 5.75 Å². The van der Waals surface area contributed by atoms with Crippen molar-refractivity contribution in [1.29, 1.82) is 0 Å². The van der Waals surface area contributed by atoms with Gasteiger partial charge in [0.2, 0.25) is 11.8 Å². The molecular formula is C35H43NO5. The summed E-state index contributed by atoms with van der Waals surface area (Å²) in [6.07, 6.45) is 7.51. The number of likely N-dealkylation sites (tertiary alicyclic amines) is 1. The Kier molecular flexibility index (Phi) is 9.10. The van der Waals surface area contributed by atoms with Gasteiger partial charge >= 0.3 is 0 Å². The smallest absolute Gasteiger partial charge is 0.234 e. The standard InChI is InChI=1S/C35H43NO5/c1-22(2)28-20-29-33(35(41)36(34(29)40)26-13-7-4-8-14-26)30(21-37)32(28)31(39)17-16-25(24-11-5-3-6-12-24)18-23-10-9-15-27(38)19-23/h3,5-6,9-12,15,18-19,22,26,29-31,33,37-39H,4,7-8,13-14,16-17,20-21H2,1-2H3/b25-18-/t29-,30+,31-,33-/m1/s1. The van der Waals surface area contributed by atoms with Gasteiger partial charge in [-0.05, 0) is 72.4 Å². The molecular weight excluding hydrogens is 514 g/mol. The fraction of sp³-hybridized carbons (Fsp3) is 0.486. The first kappa shape index (κ1) is 29.3. The Morgan fingerprint density at radius 3 is 2.39 bits per heavy atom. The highest BCUT2D eigenvalue weighted by atomic mass is 16.3. The highest BCUT2D eigenvalue weighted by Crippen LogP contribution is 2.49. The van der Waals surface area contributed by atoms with Gasteiger partial charge in [-0.15, -0.1) is 0 Å². The number of rotatable bonds is 9. The van der Waals surface area contributed by atoms with Gasteiger partial charge in [0.1, 0.15) is 5.75 Å². The quantitative estimate of drug-likeness (QED) is 0.200. The zero-order valence-electron chi connectivity index (χ0n) is 24.2. The number of aliphatic hydroxyl groups is 2. The van der Waals surface area contributed by atoms with Crippen LogP contribution in [0.15, 0.2) is 65.7 Å². The predicted octanol–water partition coefficient (Wildman–Crippen LogP) is 5.97. The molecule has 2 aromatic carbocycles. The first-order chi connectivity index (χ1) is 19.8. The number of carbonyl (C=O) groups excluding carboxylic acids is 2. The second-order valence-corrected chi connectivity index (χ2v) is 12.3. The van der Waals surface area contributed by atoms with Crippen molar-refractivity contribution in [2.45, 2.75) is 77.4 Å². The van der Waals surface area contributed by atoms with Crippen molar-refractivity contribution in [2.75, 3.05) is 6.61 Å².